The summed E-state index contributed by atoms with van der Waals surface area (Å²) in [6.45, 7) is 1.94. The minimum Gasteiger partial charge on any atom is -0.490 e. The van der Waals surface area contributed by atoms with Gasteiger partial charge in [-0.05, 0) is 59.3 Å². The highest BCUT2D eigenvalue weighted by Gasteiger charge is 2.14. The van der Waals surface area contributed by atoms with E-state index >= 15 is 0 Å². The lowest BCUT2D eigenvalue weighted by Crippen LogP contribution is -2.20. The van der Waals surface area contributed by atoms with Gasteiger partial charge in [0.2, 0.25) is 0 Å². The molecule has 0 heterocycles. The van der Waals surface area contributed by atoms with Gasteiger partial charge in [-0.3, -0.25) is 4.79 Å². The molecule has 0 radical (unpaired) electrons. The maximum atomic E-state index is 12.9. The molecule has 0 spiro atoms. The molecule has 0 aliphatic heterocycles. The number of amides is 1. The number of ether oxygens (including phenoxy) is 2. The highest BCUT2D eigenvalue weighted by molar-refractivity contribution is 9.10. The molecule has 0 saturated carbocycles. The number of halogens is 2. The first kappa shape index (κ1) is 18.7. The Balaban J connectivity index is 2.08. The first-order valence-corrected chi connectivity index (χ1v) is 8.14. The van der Waals surface area contributed by atoms with Crippen molar-refractivity contribution >= 4 is 33.7 Å². The van der Waals surface area contributed by atoms with Crippen molar-refractivity contribution in [3.05, 3.63) is 52.3 Å². The number of carbonyl (C=O) groups is 1. The second-order valence-corrected chi connectivity index (χ2v) is 5.71. The lowest BCUT2D eigenvalue weighted by molar-refractivity contribution is -0.118. The Morgan fingerprint density at radius 1 is 1.32 bits per heavy atom. The second kappa shape index (κ2) is 9.03. The number of benzene rings is 2. The number of hydrogen-bond donors (Lipinski definition) is 2. The van der Waals surface area contributed by atoms with Gasteiger partial charge in [0.15, 0.2) is 18.1 Å². The summed E-state index contributed by atoms with van der Waals surface area (Å²) in [7, 11) is 0. The van der Waals surface area contributed by atoms with Crippen molar-refractivity contribution in [1.29, 1.82) is 0 Å². The molecule has 2 rings (SSSR count). The molecule has 2 aromatic carbocycles. The highest BCUT2D eigenvalue weighted by Crippen LogP contribution is 2.36. The third-order valence-corrected chi connectivity index (χ3v) is 3.60. The Morgan fingerprint density at radius 2 is 2.04 bits per heavy atom. The zero-order valence-corrected chi connectivity index (χ0v) is 14.9. The minimum atomic E-state index is -0.401. The van der Waals surface area contributed by atoms with Crippen molar-refractivity contribution in [2.75, 3.05) is 18.5 Å². The Labute approximate surface area is 152 Å². The molecule has 25 heavy (non-hydrogen) atoms. The summed E-state index contributed by atoms with van der Waals surface area (Å²) in [5, 5.41) is 14.2. The molecule has 0 bridgehead atoms. The van der Waals surface area contributed by atoms with E-state index in [2.05, 4.69) is 26.4 Å². The molecule has 1 amide bonds. The van der Waals surface area contributed by atoms with Gasteiger partial charge < -0.3 is 20.0 Å². The molecule has 8 heteroatoms. The third-order valence-electron chi connectivity index (χ3n) is 3.01. The molecule has 6 nitrogen and oxygen atoms in total. The normalized spacial score (nSPS) is 10.7. The number of nitrogens with one attached hydrogen (secondary N) is 1. The van der Waals surface area contributed by atoms with Gasteiger partial charge in [-0.15, -0.1) is 0 Å². The number of rotatable bonds is 7. The third kappa shape index (κ3) is 5.46. The van der Waals surface area contributed by atoms with E-state index in [1.54, 1.807) is 12.1 Å². The van der Waals surface area contributed by atoms with Gasteiger partial charge in [-0.2, -0.15) is 0 Å². The van der Waals surface area contributed by atoms with Gasteiger partial charge >= 0.3 is 0 Å². The second-order valence-electron chi connectivity index (χ2n) is 4.85. The van der Waals surface area contributed by atoms with Crippen molar-refractivity contribution in [3.63, 3.8) is 0 Å². The Bertz CT molecular complexity index is 766. The van der Waals surface area contributed by atoms with Crippen LogP contribution < -0.4 is 14.8 Å². The Hall–Kier alpha value is -2.61. The van der Waals surface area contributed by atoms with Crippen LogP contribution in [0.3, 0.4) is 0 Å². The van der Waals surface area contributed by atoms with Crippen molar-refractivity contribution in [1.82, 2.24) is 0 Å². The number of carbonyl (C=O) groups excluding carboxylic acids is 1. The average Bonchev–Trinajstić information content (AvgIpc) is 2.57. The summed E-state index contributed by atoms with van der Waals surface area (Å²) < 4.78 is 24.4. The lowest BCUT2D eigenvalue weighted by atomic mass is 10.2. The number of oxime groups is 1. The molecule has 2 aromatic rings. The van der Waals surface area contributed by atoms with E-state index in [-0.39, 0.29) is 12.4 Å². The molecule has 0 aliphatic rings. The Kier molecular flexibility index (Phi) is 6.76. The van der Waals surface area contributed by atoms with Crippen LogP contribution in [0, 0.1) is 5.82 Å². The van der Waals surface area contributed by atoms with E-state index in [0.29, 0.717) is 33.8 Å². The van der Waals surface area contributed by atoms with E-state index < -0.39 is 5.91 Å². The monoisotopic (exact) mass is 410 g/mol. The minimum absolute atomic E-state index is 0.260. The molecule has 2 N–H and O–H groups in total. The number of nitrogens with zero attached hydrogens (tertiary/aromatic N) is 1. The number of anilines is 1. The highest BCUT2D eigenvalue weighted by atomic mass is 79.9. The van der Waals surface area contributed by atoms with Crippen LogP contribution in [0.1, 0.15) is 12.5 Å². The topological polar surface area (TPSA) is 80.2 Å². The van der Waals surface area contributed by atoms with E-state index in [1.165, 1.54) is 30.5 Å². The predicted molar refractivity (Wildman–Crippen MR) is 95.2 cm³/mol. The van der Waals surface area contributed by atoms with Gasteiger partial charge in [0.25, 0.3) is 5.91 Å². The lowest BCUT2D eigenvalue weighted by Gasteiger charge is -2.14. The van der Waals surface area contributed by atoms with Gasteiger partial charge in [0.1, 0.15) is 5.82 Å². The summed E-state index contributed by atoms with van der Waals surface area (Å²) >= 11 is 3.34. The summed E-state index contributed by atoms with van der Waals surface area (Å²) in [6.07, 6.45) is 1.25. The van der Waals surface area contributed by atoms with Crippen LogP contribution in [0.25, 0.3) is 0 Å². The van der Waals surface area contributed by atoms with Crippen LogP contribution in [0.4, 0.5) is 10.1 Å². The average molecular weight is 411 g/mol. The quantitative estimate of drug-likeness (QED) is 0.413. The van der Waals surface area contributed by atoms with Crippen LogP contribution in [0.2, 0.25) is 0 Å². The van der Waals surface area contributed by atoms with E-state index in [9.17, 15) is 9.18 Å². The molecule has 0 atom stereocenters. The van der Waals surface area contributed by atoms with Crippen molar-refractivity contribution in [2.45, 2.75) is 6.92 Å². The molecule has 0 fully saturated rings. The fraction of sp³-hybridized carbons (Fsp3) is 0.176. The van der Waals surface area contributed by atoms with Crippen LogP contribution in [0.15, 0.2) is 46.0 Å². The van der Waals surface area contributed by atoms with E-state index in [4.69, 9.17) is 14.7 Å². The van der Waals surface area contributed by atoms with Crippen molar-refractivity contribution < 1.29 is 23.9 Å². The molecule has 0 aliphatic carbocycles. The Morgan fingerprint density at radius 3 is 2.68 bits per heavy atom. The maximum Gasteiger partial charge on any atom is 0.262 e. The number of hydrogen-bond acceptors (Lipinski definition) is 5. The molecule has 0 saturated heterocycles. The predicted octanol–water partition coefficient (Wildman–Crippen LogP) is 3.81. The van der Waals surface area contributed by atoms with Crippen LogP contribution in [0.5, 0.6) is 11.5 Å². The van der Waals surface area contributed by atoms with Crippen LogP contribution in [-0.2, 0) is 4.79 Å². The van der Waals surface area contributed by atoms with Crippen LogP contribution in [-0.4, -0.2) is 30.5 Å². The smallest absolute Gasteiger partial charge is 0.262 e. The summed E-state index contributed by atoms with van der Waals surface area (Å²) in [4.78, 5) is 12.0. The summed E-state index contributed by atoms with van der Waals surface area (Å²) in [5.41, 5.74) is 1.06. The molecular weight excluding hydrogens is 395 g/mol. The molecule has 132 valence electrons. The van der Waals surface area contributed by atoms with Gasteiger partial charge in [0, 0.05) is 11.3 Å². The van der Waals surface area contributed by atoms with Crippen molar-refractivity contribution in [2.24, 2.45) is 5.16 Å². The van der Waals surface area contributed by atoms with Gasteiger partial charge in [-0.25, -0.2) is 4.39 Å². The first-order chi connectivity index (χ1) is 12.0. The fourth-order valence-corrected chi connectivity index (χ4v) is 2.57. The molecule has 0 unspecified atom stereocenters. The first-order valence-electron chi connectivity index (χ1n) is 7.35. The molecule has 0 aromatic heterocycles. The zero-order chi connectivity index (χ0) is 18.2. The summed E-state index contributed by atoms with van der Waals surface area (Å²) in [6, 6.07) is 8.70. The van der Waals surface area contributed by atoms with Crippen molar-refractivity contribution in [3.8, 4) is 11.5 Å². The largest absolute Gasteiger partial charge is 0.490 e. The van der Waals surface area contributed by atoms with Crippen LogP contribution >= 0.6 is 15.9 Å². The van der Waals surface area contributed by atoms with Gasteiger partial charge in [0.05, 0.1) is 17.3 Å². The zero-order valence-electron chi connectivity index (χ0n) is 13.3. The fourth-order valence-electron chi connectivity index (χ4n) is 2.00. The van der Waals surface area contributed by atoms with E-state index in [0.717, 1.165) is 0 Å². The van der Waals surface area contributed by atoms with E-state index in [1.807, 2.05) is 6.92 Å². The summed E-state index contributed by atoms with van der Waals surface area (Å²) in [5.74, 6) is -0.0273. The SMILES string of the molecule is CCOc1cc(C=NO)cc(Br)c1OCC(=O)Nc1ccc(F)cc1. The van der Waals surface area contributed by atoms with Gasteiger partial charge in [-0.1, -0.05) is 5.16 Å². The molecular formula is C17H16BrFN2O4. The standard InChI is InChI=1S/C17H16BrFN2O4/c1-2-24-15-8-11(9-20-23)7-14(18)17(15)25-10-16(22)21-13-5-3-12(19)4-6-13/h3-9,23H,2,10H2,1H3,(H,21,22). The maximum absolute atomic E-state index is 12.9.